The monoisotopic (exact) mass is 359 g/mol. The molecule has 2 atom stereocenters. The van der Waals surface area contributed by atoms with E-state index in [2.05, 4.69) is 10.2 Å². The minimum Gasteiger partial charge on any atom is -0.477 e. The largest absolute Gasteiger partial charge is 0.477 e. The van der Waals surface area contributed by atoms with Gasteiger partial charge in [-0.2, -0.15) is 0 Å². The van der Waals surface area contributed by atoms with Crippen LogP contribution in [0.5, 0.6) is 0 Å². The van der Waals surface area contributed by atoms with Gasteiger partial charge in [0.15, 0.2) is 10.4 Å². The van der Waals surface area contributed by atoms with Gasteiger partial charge < -0.3 is 10.2 Å². The topological polar surface area (TPSA) is 104 Å². The van der Waals surface area contributed by atoms with Gasteiger partial charge in [0.05, 0.1) is 0 Å². The van der Waals surface area contributed by atoms with Crippen molar-refractivity contribution in [1.29, 1.82) is 0 Å². The second kappa shape index (κ2) is 6.19. The number of carboxylic acid groups (broad SMARTS) is 1. The highest BCUT2D eigenvalue weighted by atomic mass is 32.2. The molecule has 2 N–H and O–H groups in total. The number of rotatable bonds is 5. The molecule has 10 heteroatoms. The first-order valence-electron chi connectivity index (χ1n) is 6.56. The maximum Gasteiger partial charge on any atom is 0.352 e. The average Bonchev–Trinajstić information content (AvgIpc) is 2.99. The maximum absolute atomic E-state index is 11.7. The zero-order valence-corrected chi connectivity index (χ0v) is 14.0. The number of aliphatic hydroxyl groups excluding tert-OH is 1. The van der Waals surface area contributed by atoms with E-state index < -0.39 is 23.4 Å². The Kier molecular flexibility index (Phi) is 4.44. The van der Waals surface area contributed by atoms with Crippen molar-refractivity contribution in [2.45, 2.75) is 29.2 Å². The van der Waals surface area contributed by atoms with Crippen LogP contribution in [0.15, 0.2) is 15.6 Å². The van der Waals surface area contributed by atoms with Gasteiger partial charge in [-0.1, -0.05) is 30.0 Å². The number of aryl methyl sites for hydroxylation is 1. The van der Waals surface area contributed by atoms with Crippen LogP contribution in [0.2, 0.25) is 0 Å². The van der Waals surface area contributed by atoms with Crippen LogP contribution >= 0.6 is 34.9 Å². The number of amides is 1. The Morgan fingerprint density at radius 2 is 2.27 bits per heavy atom. The predicted octanol–water partition coefficient (Wildman–Crippen LogP) is 0.807. The molecule has 0 bridgehead atoms. The van der Waals surface area contributed by atoms with Gasteiger partial charge in [0.1, 0.15) is 16.1 Å². The zero-order chi connectivity index (χ0) is 15.9. The molecule has 0 aromatic carbocycles. The minimum atomic E-state index is -1.13. The summed E-state index contributed by atoms with van der Waals surface area (Å²) in [5.74, 6) is -0.743. The molecule has 1 fully saturated rings. The average molecular weight is 359 g/mol. The Balaban J connectivity index is 1.78. The van der Waals surface area contributed by atoms with Gasteiger partial charge in [-0.3, -0.25) is 9.69 Å². The smallest absolute Gasteiger partial charge is 0.352 e. The molecule has 2 aliphatic rings. The molecule has 1 aromatic rings. The van der Waals surface area contributed by atoms with E-state index in [1.165, 1.54) is 39.8 Å². The molecule has 7 nitrogen and oxygen atoms in total. The molecule has 0 saturated carbocycles. The van der Waals surface area contributed by atoms with Crippen LogP contribution in [0, 0.1) is 0 Å². The van der Waals surface area contributed by atoms with Gasteiger partial charge in [-0.05, 0) is 12.0 Å². The normalized spacial score (nSPS) is 24.3. The van der Waals surface area contributed by atoms with Gasteiger partial charge in [0.25, 0.3) is 5.91 Å². The number of carbonyl (C=O) groups is 2. The number of hydrogen-bond acceptors (Lipinski definition) is 8. The van der Waals surface area contributed by atoms with Crippen LogP contribution in [-0.4, -0.2) is 60.2 Å². The molecule has 3 rings (SSSR count). The van der Waals surface area contributed by atoms with Gasteiger partial charge in [-0.15, -0.1) is 22.0 Å². The number of hydrogen-bond donors (Lipinski definition) is 2. The standard InChI is InChI=1S/C12H13N3O4S3/c1-2-6-13-14-12(22-6)21-4-5-3-20-10-8(16)9(17)15(10)7(5)11(18)19/h8,10,16H,2-4H2,1H3,(H,18,19)/t8-,10-/m1/s1. The van der Waals surface area contributed by atoms with Crippen molar-refractivity contribution in [3.05, 3.63) is 16.3 Å². The molecule has 2 aliphatic heterocycles. The van der Waals surface area contributed by atoms with Crippen molar-refractivity contribution in [3.8, 4) is 0 Å². The molecular weight excluding hydrogens is 346 g/mol. The first-order chi connectivity index (χ1) is 10.5. The second-order valence-electron chi connectivity index (χ2n) is 4.72. The molecule has 0 radical (unpaired) electrons. The zero-order valence-electron chi connectivity index (χ0n) is 11.6. The van der Waals surface area contributed by atoms with Crippen molar-refractivity contribution in [2.75, 3.05) is 11.5 Å². The molecule has 0 unspecified atom stereocenters. The summed E-state index contributed by atoms with van der Waals surface area (Å²) in [4.78, 5) is 24.4. The predicted molar refractivity (Wildman–Crippen MR) is 83.8 cm³/mol. The van der Waals surface area contributed by atoms with Gasteiger partial charge in [0.2, 0.25) is 0 Å². The molecule has 1 saturated heterocycles. The van der Waals surface area contributed by atoms with E-state index in [0.717, 1.165) is 15.8 Å². The third-order valence-electron chi connectivity index (χ3n) is 3.34. The van der Waals surface area contributed by atoms with E-state index in [9.17, 15) is 19.8 Å². The highest BCUT2D eigenvalue weighted by molar-refractivity contribution is 8.01. The Morgan fingerprint density at radius 3 is 2.91 bits per heavy atom. The number of fused-ring (bicyclic) bond motifs is 1. The van der Waals surface area contributed by atoms with Crippen molar-refractivity contribution in [3.63, 3.8) is 0 Å². The van der Waals surface area contributed by atoms with Crippen molar-refractivity contribution >= 4 is 46.7 Å². The number of aromatic nitrogens is 2. The number of β-lactam (4-membered cyclic amide) rings is 1. The number of aliphatic hydroxyl groups is 1. The first kappa shape index (κ1) is 15.8. The summed E-state index contributed by atoms with van der Waals surface area (Å²) < 4.78 is 0.788. The van der Waals surface area contributed by atoms with E-state index in [1.807, 2.05) is 6.92 Å². The Bertz CT molecular complexity index is 660. The first-order valence-corrected chi connectivity index (χ1v) is 9.41. The summed E-state index contributed by atoms with van der Waals surface area (Å²) in [6.45, 7) is 2.00. The summed E-state index contributed by atoms with van der Waals surface area (Å²) in [5.41, 5.74) is 0.680. The third-order valence-corrected chi connectivity index (χ3v) is 6.95. The lowest BCUT2D eigenvalue weighted by Crippen LogP contribution is -2.64. The Morgan fingerprint density at radius 1 is 1.50 bits per heavy atom. The van der Waals surface area contributed by atoms with Crippen LogP contribution in [0.25, 0.3) is 0 Å². The lowest BCUT2D eigenvalue weighted by Gasteiger charge is -2.47. The summed E-state index contributed by atoms with van der Waals surface area (Å²) in [6.07, 6.45) is -0.275. The summed E-state index contributed by atoms with van der Waals surface area (Å²) >= 11 is 4.30. The van der Waals surface area contributed by atoms with Gasteiger partial charge >= 0.3 is 5.97 Å². The second-order valence-corrected chi connectivity index (χ2v) is 8.11. The number of carbonyl (C=O) groups excluding carboxylic acids is 1. The number of thioether (sulfide) groups is 2. The van der Waals surface area contributed by atoms with Crippen LogP contribution < -0.4 is 0 Å². The summed E-state index contributed by atoms with van der Waals surface area (Å²) in [7, 11) is 0. The third kappa shape index (κ3) is 2.64. The Labute approximate surface area is 138 Å². The SMILES string of the molecule is CCc1nnc(SCC2=C(C(=O)O)N3C(=O)[C@@H](O)[C@H]3SC2)s1. The van der Waals surface area contributed by atoms with Crippen LogP contribution in [0.4, 0.5) is 0 Å². The minimum absolute atomic E-state index is 0.00628. The molecule has 1 aromatic heterocycles. The van der Waals surface area contributed by atoms with E-state index in [4.69, 9.17) is 0 Å². The molecule has 3 heterocycles. The lowest BCUT2D eigenvalue weighted by molar-refractivity contribution is -0.159. The van der Waals surface area contributed by atoms with E-state index in [-0.39, 0.29) is 5.70 Å². The number of carboxylic acids is 1. The summed E-state index contributed by atoms with van der Waals surface area (Å²) in [5, 5.41) is 27.5. The van der Waals surface area contributed by atoms with Crippen LogP contribution in [-0.2, 0) is 16.0 Å². The van der Waals surface area contributed by atoms with E-state index in [1.54, 1.807) is 0 Å². The lowest BCUT2D eigenvalue weighted by atomic mass is 10.1. The molecule has 1 amide bonds. The Hall–Kier alpha value is -1.10. The number of nitrogens with zero attached hydrogens (tertiary/aromatic N) is 3. The fourth-order valence-corrected chi connectivity index (χ4v) is 5.47. The molecule has 0 spiro atoms. The fraction of sp³-hybridized carbons (Fsp3) is 0.500. The van der Waals surface area contributed by atoms with Crippen molar-refractivity contribution in [1.82, 2.24) is 15.1 Å². The number of aliphatic carboxylic acids is 1. The van der Waals surface area contributed by atoms with E-state index in [0.29, 0.717) is 17.1 Å². The fourth-order valence-electron chi connectivity index (χ4n) is 2.23. The molecular formula is C12H13N3O4S3. The van der Waals surface area contributed by atoms with Gasteiger partial charge in [-0.25, -0.2) is 4.79 Å². The van der Waals surface area contributed by atoms with Crippen LogP contribution in [0.3, 0.4) is 0 Å². The van der Waals surface area contributed by atoms with Gasteiger partial charge in [0, 0.05) is 11.5 Å². The van der Waals surface area contributed by atoms with Crippen LogP contribution in [0.1, 0.15) is 11.9 Å². The highest BCUT2D eigenvalue weighted by Crippen LogP contribution is 2.41. The van der Waals surface area contributed by atoms with Crippen molar-refractivity contribution < 1.29 is 19.8 Å². The molecule has 0 aliphatic carbocycles. The van der Waals surface area contributed by atoms with E-state index >= 15 is 0 Å². The quantitative estimate of drug-likeness (QED) is 0.588. The molecule has 22 heavy (non-hydrogen) atoms. The summed E-state index contributed by atoms with van der Waals surface area (Å²) in [6, 6.07) is 0. The molecule has 118 valence electrons. The highest BCUT2D eigenvalue weighted by Gasteiger charge is 2.52. The van der Waals surface area contributed by atoms with Crippen molar-refractivity contribution in [2.24, 2.45) is 0 Å². The maximum atomic E-state index is 11.7.